The molecule has 13 heteroatoms. The maximum absolute atomic E-state index is 13.5. The molecule has 0 saturated heterocycles. The first-order valence-electron chi connectivity index (χ1n) is 13.3. The number of aromatic nitrogens is 2. The van der Waals surface area contributed by atoms with Crippen molar-refractivity contribution in [3.63, 3.8) is 0 Å². The number of carboxylic acids is 1. The summed E-state index contributed by atoms with van der Waals surface area (Å²) in [7, 11) is -3.99. The summed E-state index contributed by atoms with van der Waals surface area (Å²) in [6, 6.07) is 8.91. The first-order chi connectivity index (χ1) is 19.2. The van der Waals surface area contributed by atoms with Gasteiger partial charge in [-0.1, -0.05) is 49.2 Å². The van der Waals surface area contributed by atoms with Crippen molar-refractivity contribution >= 4 is 48.7 Å². The van der Waals surface area contributed by atoms with Crippen molar-refractivity contribution in [2.45, 2.75) is 56.3 Å². The lowest BCUT2D eigenvalue weighted by Gasteiger charge is -2.23. The van der Waals surface area contributed by atoms with Gasteiger partial charge in [0, 0.05) is 19.7 Å². The molecule has 1 amide bonds. The van der Waals surface area contributed by atoms with Gasteiger partial charge in [-0.15, -0.1) is 0 Å². The number of halogens is 1. The van der Waals surface area contributed by atoms with E-state index in [0.29, 0.717) is 40.0 Å². The van der Waals surface area contributed by atoms with Crippen LogP contribution >= 0.6 is 11.3 Å². The van der Waals surface area contributed by atoms with Crippen LogP contribution in [0.3, 0.4) is 0 Å². The molecule has 0 radical (unpaired) electrons. The number of rotatable bonds is 14. The van der Waals surface area contributed by atoms with E-state index in [1.54, 1.807) is 19.1 Å². The SMILES string of the molecule is CCOCCN(CCC(=O)O)S(=O)(=O)c1ccc(C(CC2CCCC2)C(=O)Nc2nc3ccc(F)nc3s2)cc1. The summed E-state index contributed by atoms with van der Waals surface area (Å²) in [6.07, 6.45) is 4.55. The molecule has 10 nitrogen and oxygen atoms in total. The number of sulfonamides is 1. The van der Waals surface area contributed by atoms with Crippen LogP contribution in [0, 0.1) is 11.9 Å². The molecule has 1 unspecified atom stereocenters. The third-order valence-electron chi connectivity index (χ3n) is 7.00. The Kier molecular flexibility index (Phi) is 10.2. The highest BCUT2D eigenvalue weighted by molar-refractivity contribution is 7.89. The Labute approximate surface area is 236 Å². The molecule has 1 aromatic carbocycles. The van der Waals surface area contributed by atoms with Crippen LogP contribution in [-0.2, 0) is 24.3 Å². The number of ether oxygens (including phenoxy) is 1. The Balaban J connectivity index is 1.56. The molecule has 1 saturated carbocycles. The normalized spacial score (nSPS) is 15.1. The van der Waals surface area contributed by atoms with Crippen LogP contribution in [0.25, 0.3) is 10.3 Å². The molecule has 0 aliphatic heterocycles. The van der Waals surface area contributed by atoms with Gasteiger partial charge in [-0.3, -0.25) is 9.59 Å². The number of anilines is 1. The zero-order valence-corrected chi connectivity index (χ0v) is 23.8. The predicted octanol–water partition coefficient (Wildman–Crippen LogP) is 4.63. The zero-order valence-electron chi connectivity index (χ0n) is 22.2. The minimum absolute atomic E-state index is 0.0115. The topological polar surface area (TPSA) is 139 Å². The molecule has 1 aliphatic carbocycles. The number of aliphatic carboxylic acids is 1. The average Bonchev–Trinajstić information content (AvgIpc) is 3.58. The van der Waals surface area contributed by atoms with Crippen molar-refractivity contribution in [3.8, 4) is 0 Å². The predicted molar refractivity (Wildman–Crippen MR) is 149 cm³/mol. The third-order valence-corrected chi connectivity index (χ3v) is 9.79. The summed E-state index contributed by atoms with van der Waals surface area (Å²) in [5.41, 5.74) is 1.15. The molecule has 1 fully saturated rings. The minimum Gasteiger partial charge on any atom is -0.481 e. The number of nitrogens with zero attached hydrogens (tertiary/aromatic N) is 3. The van der Waals surface area contributed by atoms with Crippen LogP contribution in [0.15, 0.2) is 41.3 Å². The quantitative estimate of drug-likeness (QED) is 0.204. The van der Waals surface area contributed by atoms with E-state index < -0.39 is 27.9 Å². The monoisotopic (exact) mass is 592 g/mol. The molecule has 1 aliphatic rings. The highest BCUT2D eigenvalue weighted by atomic mass is 32.2. The molecule has 0 spiro atoms. The number of hydrogen-bond donors (Lipinski definition) is 2. The van der Waals surface area contributed by atoms with Crippen LogP contribution in [0.1, 0.15) is 56.9 Å². The summed E-state index contributed by atoms with van der Waals surface area (Å²) < 4.78 is 46.6. The summed E-state index contributed by atoms with van der Waals surface area (Å²) in [5.74, 6) is -2.17. The van der Waals surface area contributed by atoms with Gasteiger partial charge in [0.2, 0.25) is 21.9 Å². The summed E-state index contributed by atoms with van der Waals surface area (Å²) >= 11 is 1.09. The molecular formula is C27H33FN4O6S2. The smallest absolute Gasteiger partial charge is 0.304 e. The largest absolute Gasteiger partial charge is 0.481 e. The third kappa shape index (κ3) is 7.59. The Morgan fingerprint density at radius 2 is 1.88 bits per heavy atom. The van der Waals surface area contributed by atoms with Crippen LogP contribution in [-0.4, -0.2) is 66.0 Å². The summed E-state index contributed by atoms with van der Waals surface area (Å²) in [4.78, 5) is 33.2. The van der Waals surface area contributed by atoms with Crippen LogP contribution in [0.4, 0.5) is 9.52 Å². The molecule has 40 heavy (non-hydrogen) atoms. The van der Waals surface area contributed by atoms with E-state index in [2.05, 4.69) is 15.3 Å². The molecule has 2 N–H and O–H groups in total. The standard InChI is InChI=1S/C27H33FN4O6S2/c1-2-38-16-15-32(14-13-24(33)34)40(36,37)20-9-7-19(8-10-20)21(17-18-5-3-4-6-18)25(35)31-27-29-22-11-12-23(28)30-26(22)39-27/h7-12,18,21H,2-6,13-17H2,1H3,(H,33,34)(H,29,31,35). The van der Waals surface area contributed by atoms with E-state index >= 15 is 0 Å². The van der Waals surface area contributed by atoms with E-state index in [-0.39, 0.29) is 36.9 Å². The number of pyridine rings is 1. The summed E-state index contributed by atoms with van der Waals surface area (Å²) in [6.45, 7) is 2.20. The number of hydrogen-bond acceptors (Lipinski definition) is 8. The van der Waals surface area contributed by atoms with E-state index in [1.807, 2.05) is 0 Å². The molecular weight excluding hydrogens is 559 g/mol. The first-order valence-corrected chi connectivity index (χ1v) is 15.6. The highest BCUT2D eigenvalue weighted by Gasteiger charge is 2.29. The highest BCUT2D eigenvalue weighted by Crippen LogP contribution is 2.36. The first kappa shape index (κ1) is 30.0. The van der Waals surface area contributed by atoms with Gasteiger partial charge in [0.1, 0.15) is 10.3 Å². The van der Waals surface area contributed by atoms with Crippen molar-refractivity contribution in [3.05, 3.63) is 47.9 Å². The Hall–Kier alpha value is -3.00. The van der Waals surface area contributed by atoms with Crippen LogP contribution in [0.2, 0.25) is 0 Å². The van der Waals surface area contributed by atoms with Crippen molar-refractivity contribution in [1.82, 2.24) is 14.3 Å². The van der Waals surface area contributed by atoms with Crippen molar-refractivity contribution in [2.24, 2.45) is 5.92 Å². The molecule has 2 heterocycles. The van der Waals surface area contributed by atoms with Gasteiger partial charge in [-0.2, -0.15) is 8.70 Å². The number of benzene rings is 1. The van der Waals surface area contributed by atoms with E-state index in [0.717, 1.165) is 41.3 Å². The second-order valence-corrected chi connectivity index (χ2v) is 12.6. The van der Waals surface area contributed by atoms with Crippen LogP contribution in [0.5, 0.6) is 0 Å². The average molecular weight is 593 g/mol. The van der Waals surface area contributed by atoms with Gasteiger partial charge in [0.05, 0.1) is 23.8 Å². The van der Waals surface area contributed by atoms with Crippen LogP contribution < -0.4 is 5.32 Å². The fourth-order valence-electron chi connectivity index (χ4n) is 4.92. The molecule has 2 aromatic heterocycles. The second-order valence-electron chi connectivity index (χ2n) is 9.72. The van der Waals surface area contributed by atoms with Crippen molar-refractivity contribution in [2.75, 3.05) is 31.6 Å². The minimum atomic E-state index is -3.99. The number of fused-ring (bicyclic) bond motifs is 1. The lowest BCUT2D eigenvalue weighted by molar-refractivity contribution is -0.137. The Bertz CT molecular complexity index is 1420. The maximum Gasteiger partial charge on any atom is 0.304 e. The van der Waals surface area contributed by atoms with Gasteiger partial charge in [-0.25, -0.2) is 18.4 Å². The van der Waals surface area contributed by atoms with Gasteiger partial charge in [0.25, 0.3) is 0 Å². The Morgan fingerprint density at radius 1 is 1.15 bits per heavy atom. The summed E-state index contributed by atoms with van der Waals surface area (Å²) in [5, 5.41) is 12.3. The maximum atomic E-state index is 13.5. The fraction of sp³-hybridized carbons (Fsp3) is 0.481. The number of carbonyl (C=O) groups excluding carboxylic acids is 1. The molecule has 0 bridgehead atoms. The van der Waals surface area contributed by atoms with Crippen molar-refractivity contribution in [1.29, 1.82) is 0 Å². The molecule has 1 atom stereocenters. The van der Waals surface area contributed by atoms with Gasteiger partial charge >= 0.3 is 5.97 Å². The fourth-order valence-corrected chi connectivity index (χ4v) is 7.17. The number of amides is 1. The lowest BCUT2D eigenvalue weighted by atomic mass is 9.87. The van der Waals surface area contributed by atoms with E-state index in [9.17, 15) is 22.4 Å². The van der Waals surface area contributed by atoms with E-state index in [1.165, 1.54) is 24.3 Å². The van der Waals surface area contributed by atoms with E-state index in [4.69, 9.17) is 9.84 Å². The zero-order chi connectivity index (χ0) is 28.7. The lowest BCUT2D eigenvalue weighted by Crippen LogP contribution is -2.35. The van der Waals surface area contributed by atoms with Crippen molar-refractivity contribution < 1.29 is 32.2 Å². The Morgan fingerprint density at radius 3 is 2.55 bits per heavy atom. The van der Waals surface area contributed by atoms with Gasteiger partial charge in [-0.05, 0) is 49.1 Å². The molecule has 4 rings (SSSR count). The molecule has 216 valence electrons. The number of nitrogens with one attached hydrogen (secondary N) is 1. The number of carbonyl (C=O) groups is 2. The number of thiazole rings is 1. The second kappa shape index (κ2) is 13.6. The van der Waals surface area contributed by atoms with Gasteiger partial charge in [0.15, 0.2) is 5.13 Å². The molecule has 3 aromatic rings. The number of carboxylic acid groups (broad SMARTS) is 1. The van der Waals surface area contributed by atoms with Gasteiger partial charge < -0.3 is 15.2 Å².